The summed E-state index contributed by atoms with van der Waals surface area (Å²) in [5.41, 5.74) is 1.13. The van der Waals surface area contributed by atoms with E-state index in [0.29, 0.717) is 24.5 Å². The van der Waals surface area contributed by atoms with Crippen molar-refractivity contribution < 1.29 is 22.7 Å². The number of amides is 1. The molecule has 0 bridgehead atoms. The number of hydrogen-bond acceptors (Lipinski definition) is 5. The number of hydrogen-bond donors (Lipinski definition) is 1. The molecule has 0 saturated heterocycles. The maximum atomic E-state index is 12.9. The van der Waals surface area contributed by atoms with Crippen molar-refractivity contribution in [3.63, 3.8) is 0 Å². The van der Waals surface area contributed by atoms with E-state index >= 15 is 0 Å². The summed E-state index contributed by atoms with van der Waals surface area (Å²) in [5, 5.41) is 7.42. The van der Waals surface area contributed by atoms with Crippen LogP contribution in [0.5, 0.6) is 5.88 Å². The van der Waals surface area contributed by atoms with Crippen molar-refractivity contribution in [1.82, 2.24) is 25.1 Å². The lowest BCUT2D eigenvalue weighted by molar-refractivity contribution is -0.141. The van der Waals surface area contributed by atoms with Crippen molar-refractivity contribution in [3.8, 4) is 17.1 Å². The Kier molecular flexibility index (Phi) is 5.15. The molecule has 0 unspecified atom stereocenters. The molecule has 0 radical (unpaired) electrons. The van der Waals surface area contributed by atoms with E-state index in [9.17, 15) is 18.0 Å². The van der Waals surface area contributed by atoms with Crippen LogP contribution in [0.25, 0.3) is 11.3 Å². The molecule has 30 heavy (non-hydrogen) atoms. The number of fused-ring (bicyclic) bond motifs is 1. The van der Waals surface area contributed by atoms with E-state index in [1.807, 2.05) is 10.7 Å². The molecule has 0 fully saturated rings. The number of aryl methyl sites for hydroxylation is 1. The summed E-state index contributed by atoms with van der Waals surface area (Å²) in [6.07, 6.45) is -0.567. The molecule has 1 N–H and O–H groups in total. The smallest absolute Gasteiger partial charge is 0.433 e. The van der Waals surface area contributed by atoms with Gasteiger partial charge in [0.1, 0.15) is 5.69 Å². The van der Waals surface area contributed by atoms with Crippen molar-refractivity contribution in [3.05, 3.63) is 59.7 Å². The zero-order valence-electron chi connectivity index (χ0n) is 16.0. The van der Waals surface area contributed by atoms with E-state index < -0.39 is 17.8 Å². The zero-order valence-corrected chi connectivity index (χ0v) is 16.0. The second-order valence-corrected chi connectivity index (χ2v) is 6.86. The van der Waals surface area contributed by atoms with Crippen LogP contribution in [-0.4, -0.2) is 32.8 Å². The monoisotopic (exact) mass is 417 g/mol. The van der Waals surface area contributed by atoms with E-state index in [1.54, 1.807) is 18.3 Å². The van der Waals surface area contributed by atoms with Gasteiger partial charge < -0.3 is 10.1 Å². The Hall–Kier alpha value is -3.43. The van der Waals surface area contributed by atoms with Crippen molar-refractivity contribution in [2.45, 2.75) is 31.6 Å². The Morgan fingerprint density at radius 2 is 2.00 bits per heavy atom. The van der Waals surface area contributed by atoms with Crippen molar-refractivity contribution in [2.24, 2.45) is 0 Å². The van der Waals surface area contributed by atoms with Crippen LogP contribution in [0, 0.1) is 0 Å². The lowest BCUT2D eigenvalue weighted by Gasteiger charge is -2.24. The maximum absolute atomic E-state index is 12.9. The third-order valence-corrected chi connectivity index (χ3v) is 4.89. The van der Waals surface area contributed by atoms with Gasteiger partial charge in [0.05, 0.1) is 24.5 Å². The molecule has 4 heterocycles. The van der Waals surface area contributed by atoms with E-state index in [1.165, 1.54) is 13.2 Å². The first-order valence-electron chi connectivity index (χ1n) is 9.27. The fourth-order valence-electron chi connectivity index (χ4n) is 3.42. The van der Waals surface area contributed by atoms with Gasteiger partial charge in [0, 0.05) is 36.1 Å². The van der Waals surface area contributed by atoms with E-state index in [2.05, 4.69) is 20.4 Å². The average molecular weight is 417 g/mol. The van der Waals surface area contributed by atoms with Crippen LogP contribution in [0.3, 0.4) is 0 Å². The van der Waals surface area contributed by atoms with Crippen LogP contribution >= 0.6 is 0 Å². The number of carbonyl (C=O) groups excluding carboxylic acids is 1. The number of nitrogens with one attached hydrogen (secondary N) is 1. The average Bonchev–Trinajstić information content (AvgIpc) is 3.19. The second kappa shape index (κ2) is 7.77. The van der Waals surface area contributed by atoms with Gasteiger partial charge in [0.15, 0.2) is 0 Å². The Labute approximate surface area is 169 Å². The van der Waals surface area contributed by atoms with Gasteiger partial charge in [0.2, 0.25) is 5.88 Å². The molecule has 0 saturated carbocycles. The van der Waals surface area contributed by atoms with Gasteiger partial charge >= 0.3 is 6.18 Å². The van der Waals surface area contributed by atoms with Gasteiger partial charge in [-0.05, 0) is 37.1 Å². The largest absolute Gasteiger partial charge is 0.481 e. The highest BCUT2D eigenvalue weighted by Gasteiger charge is 2.33. The summed E-state index contributed by atoms with van der Waals surface area (Å²) < 4.78 is 45.6. The third kappa shape index (κ3) is 3.98. The molecular weight excluding hydrogens is 399 g/mol. The van der Waals surface area contributed by atoms with E-state index in [-0.39, 0.29) is 11.6 Å². The van der Waals surface area contributed by atoms with Crippen molar-refractivity contribution >= 4 is 5.91 Å². The fourth-order valence-corrected chi connectivity index (χ4v) is 3.42. The Bertz CT molecular complexity index is 1080. The number of halogens is 3. The Morgan fingerprint density at radius 1 is 1.20 bits per heavy atom. The van der Waals surface area contributed by atoms with E-state index in [4.69, 9.17) is 4.74 Å². The van der Waals surface area contributed by atoms with Crippen LogP contribution in [0.1, 0.15) is 40.6 Å². The van der Waals surface area contributed by atoms with Crippen molar-refractivity contribution in [2.75, 3.05) is 7.11 Å². The second-order valence-electron chi connectivity index (χ2n) is 6.86. The number of ether oxygens (including phenoxy) is 1. The summed E-state index contributed by atoms with van der Waals surface area (Å²) in [4.78, 5) is 20.0. The topological polar surface area (TPSA) is 81.9 Å². The normalized spacial score (nSPS) is 16.1. The summed E-state index contributed by atoms with van der Waals surface area (Å²) >= 11 is 0. The number of nitrogens with zero attached hydrogens (tertiary/aromatic N) is 4. The lowest BCUT2D eigenvalue weighted by atomic mass is 10.0. The highest BCUT2D eigenvalue weighted by Crippen LogP contribution is 2.31. The molecule has 1 aliphatic rings. The molecule has 10 heteroatoms. The highest BCUT2D eigenvalue weighted by atomic mass is 19.4. The first-order chi connectivity index (χ1) is 14.3. The maximum Gasteiger partial charge on any atom is 0.433 e. The zero-order chi connectivity index (χ0) is 21.3. The van der Waals surface area contributed by atoms with Gasteiger partial charge in [-0.2, -0.15) is 18.3 Å². The lowest BCUT2D eigenvalue weighted by Crippen LogP contribution is -2.32. The molecule has 0 aliphatic carbocycles. The van der Waals surface area contributed by atoms with Gasteiger partial charge in [-0.25, -0.2) is 4.98 Å². The third-order valence-electron chi connectivity index (χ3n) is 4.89. The molecule has 156 valence electrons. The molecule has 1 aliphatic heterocycles. The van der Waals surface area contributed by atoms with Gasteiger partial charge in [-0.1, -0.05) is 0 Å². The highest BCUT2D eigenvalue weighted by molar-refractivity contribution is 5.94. The minimum absolute atomic E-state index is 0.0898. The summed E-state index contributed by atoms with van der Waals surface area (Å²) in [7, 11) is 1.53. The van der Waals surface area contributed by atoms with Crippen LogP contribution in [0.4, 0.5) is 13.2 Å². The minimum atomic E-state index is -4.61. The van der Waals surface area contributed by atoms with Crippen LogP contribution in [0.2, 0.25) is 0 Å². The molecule has 7 nitrogen and oxygen atoms in total. The summed E-state index contributed by atoms with van der Waals surface area (Å²) in [6.45, 7) is 0.692. The van der Waals surface area contributed by atoms with Gasteiger partial charge in [-0.3, -0.25) is 14.5 Å². The molecule has 0 aromatic carbocycles. The molecular formula is C20H18F3N5O2. The minimum Gasteiger partial charge on any atom is -0.481 e. The first kappa shape index (κ1) is 19.9. The summed E-state index contributed by atoms with van der Waals surface area (Å²) in [5.74, 6) is -0.129. The van der Waals surface area contributed by atoms with Crippen LogP contribution in [-0.2, 0) is 12.7 Å². The summed E-state index contributed by atoms with van der Waals surface area (Å²) in [6, 6.07) is 7.09. The van der Waals surface area contributed by atoms with E-state index in [0.717, 1.165) is 29.9 Å². The van der Waals surface area contributed by atoms with Gasteiger partial charge in [-0.15, -0.1) is 0 Å². The Balaban J connectivity index is 1.58. The number of carbonyl (C=O) groups is 1. The van der Waals surface area contributed by atoms with Crippen LogP contribution in [0.15, 0.2) is 42.7 Å². The molecule has 0 spiro atoms. The molecule has 1 atom stereocenters. The predicted octanol–water partition coefficient (Wildman–Crippen LogP) is 3.63. The predicted molar refractivity (Wildman–Crippen MR) is 101 cm³/mol. The number of aromatic nitrogens is 4. The number of alkyl halides is 3. The number of pyridine rings is 2. The molecule has 3 aromatic heterocycles. The number of rotatable bonds is 4. The molecule has 4 rings (SSSR count). The van der Waals surface area contributed by atoms with Crippen LogP contribution < -0.4 is 10.1 Å². The molecule has 1 amide bonds. The quantitative estimate of drug-likeness (QED) is 0.701. The van der Waals surface area contributed by atoms with Gasteiger partial charge in [0.25, 0.3) is 5.91 Å². The standard InChI is InChI=1S/C20H18F3N5O2/c1-30-18-10-12(4-7-25-18)15-11-16-14(3-2-8-28(16)27-15)26-19(29)13-5-6-24-17(9-13)20(21,22)23/h4-7,9-11,14H,2-3,8H2,1H3,(H,26,29)/t14-/m1/s1. The van der Waals surface area contributed by atoms with Crippen molar-refractivity contribution in [1.29, 1.82) is 0 Å². The first-order valence-corrected chi connectivity index (χ1v) is 9.27. The fraction of sp³-hybridized carbons (Fsp3) is 0.300. The number of methoxy groups -OCH3 is 1. The SMILES string of the molecule is COc1cc(-c2cc3n(n2)CCC[C@H]3NC(=O)c2ccnc(C(F)(F)F)c2)ccn1. The Morgan fingerprint density at radius 3 is 2.77 bits per heavy atom. The molecule has 3 aromatic rings.